The highest BCUT2D eigenvalue weighted by molar-refractivity contribution is 5.95. The molecule has 0 fully saturated rings. The molecule has 0 saturated heterocycles. The number of furan rings is 1. The molecule has 3 N–H and O–H groups in total. The first-order valence-corrected chi connectivity index (χ1v) is 6.20. The minimum atomic E-state index is -0.995. The van der Waals surface area contributed by atoms with Crippen molar-refractivity contribution < 1.29 is 23.9 Å². The molecule has 3 atom stereocenters. The van der Waals surface area contributed by atoms with Crippen LogP contribution in [0.4, 0.5) is 0 Å². The third-order valence-electron chi connectivity index (χ3n) is 3.00. The Balaban J connectivity index is 2.51. The standard InChI is InChI=1S/C13H18N2O5/c1-7(13(18)19)8(2)14-11(16)9(3)15-12(17)10-5-4-6-20-10/h4-9H,1-3H3,(H,14,16)(H,15,17)(H,18,19). The molecule has 0 aliphatic carbocycles. The maximum absolute atomic E-state index is 11.8. The van der Waals surface area contributed by atoms with Crippen LogP contribution in [0.3, 0.4) is 0 Å². The fraction of sp³-hybridized carbons (Fsp3) is 0.462. The molecule has 7 heteroatoms. The molecule has 2 amide bonds. The summed E-state index contributed by atoms with van der Waals surface area (Å²) in [5.41, 5.74) is 0. The average molecular weight is 282 g/mol. The SMILES string of the molecule is CC(NC(=O)c1ccco1)C(=O)NC(C)C(C)C(=O)O. The minimum Gasteiger partial charge on any atom is -0.481 e. The maximum Gasteiger partial charge on any atom is 0.308 e. The molecule has 1 heterocycles. The zero-order valence-electron chi connectivity index (χ0n) is 11.5. The number of carbonyl (C=O) groups is 3. The van der Waals surface area contributed by atoms with E-state index in [1.807, 2.05) is 0 Å². The Kier molecular flexibility index (Phi) is 5.31. The Morgan fingerprint density at radius 3 is 2.35 bits per heavy atom. The summed E-state index contributed by atoms with van der Waals surface area (Å²) in [5, 5.41) is 13.9. The number of carboxylic acids is 1. The fourth-order valence-corrected chi connectivity index (χ4v) is 1.43. The van der Waals surface area contributed by atoms with Crippen molar-refractivity contribution in [3.63, 3.8) is 0 Å². The van der Waals surface area contributed by atoms with Crippen molar-refractivity contribution in [1.29, 1.82) is 0 Å². The van der Waals surface area contributed by atoms with E-state index in [1.54, 1.807) is 13.0 Å². The summed E-state index contributed by atoms with van der Waals surface area (Å²) in [4.78, 5) is 34.3. The van der Waals surface area contributed by atoms with Crippen LogP contribution >= 0.6 is 0 Å². The first kappa shape index (κ1) is 15.7. The van der Waals surface area contributed by atoms with Crippen LogP contribution in [0.2, 0.25) is 0 Å². The normalized spacial score (nSPS) is 14.9. The Hall–Kier alpha value is -2.31. The predicted molar refractivity (Wildman–Crippen MR) is 70.0 cm³/mol. The average Bonchev–Trinajstić information content (AvgIpc) is 2.91. The number of hydrogen-bond donors (Lipinski definition) is 3. The molecule has 0 saturated carbocycles. The smallest absolute Gasteiger partial charge is 0.308 e. The fourth-order valence-electron chi connectivity index (χ4n) is 1.43. The van der Waals surface area contributed by atoms with Crippen LogP contribution in [0.1, 0.15) is 31.3 Å². The molecule has 7 nitrogen and oxygen atoms in total. The number of aliphatic carboxylic acids is 1. The van der Waals surface area contributed by atoms with Gasteiger partial charge < -0.3 is 20.2 Å². The summed E-state index contributed by atoms with van der Waals surface area (Å²) in [6.45, 7) is 4.60. The second kappa shape index (κ2) is 6.74. The molecule has 0 aromatic carbocycles. The number of carboxylic acid groups (broad SMARTS) is 1. The molecular formula is C13H18N2O5. The third kappa shape index (κ3) is 4.11. The van der Waals surface area contributed by atoms with Crippen LogP contribution in [-0.2, 0) is 9.59 Å². The van der Waals surface area contributed by atoms with Crippen LogP contribution in [0, 0.1) is 5.92 Å². The van der Waals surface area contributed by atoms with Gasteiger partial charge in [0.25, 0.3) is 5.91 Å². The highest BCUT2D eigenvalue weighted by atomic mass is 16.4. The van der Waals surface area contributed by atoms with Crippen LogP contribution in [0.25, 0.3) is 0 Å². The number of nitrogens with one attached hydrogen (secondary N) is 2. The molecule has 1 aromatic heterocycles. The van der Waals surface area contributed by atoms with E-state index in [1.165, 1.54) is 26.2 Å². The number of hydrogen-bond acceptors (Lipinski definition) is 4. The van der Waals surface area contributed by atoms with E-state index < -0.39 is 35.8 Å². The number of carbonyl (C=O) groups excluding carboxylic acids is 2. The van der Waals surface area contributed by atoms with Crippen molar-refractivity contribution in [3.8, 4) is 0 Å². The lowest BCUT2D eigenvalue weighted by atomic mass is 10.0. The third-order valence-corrected chi connectivity index (χ3v) is 3.00. The number of amides is 2. The van der Waals surface area contributed by atoms with Crippen LogP contribution < -0.4 is 10.6 Å². The largest absolute Gasteiger partial charge is 0.481 e. The van der Waals surface area contributed by atoms with Gasteiger partial charge in [0.1, 0.15) is 6.04 Å². The van der Waals surface area contributed by atoms with Crippen LogP contribution in [-0.4, -0.2) is 35.0 Å². The van der Waals surface area contributed by atoms with E-state index in [2.05, 4.69) is 10.6 Å². The Morgan fingerprint density at radius 1 is 1.20 bits per heavy atom. The van der Waals surface area contributed by atoms with Crippen LogP contribution in [0.15, 0.2) is 22.8 Å². The molecule has 20 heavy (non-hydrogen) atoms. The van der Waals surface area contributed by atoms with Gasteiger partial charge in [-0.2, -0.15) is 0 Å². The van der Waals surface area contributed by atoms with Gasteiger partial charge in [-0.05, 0) is 32.9 Å². The summed E-state index contributed by atoms with van der Waals surface area (Å²) in [7, 11) is 0. The maximum atomic E-state index is 11.8. The Morgan fingerprint density at radius 2 is 1.85 bits per heavy atom. The molecule has 110 valence electrons. The van der Waals surface area contributed by atoms with Gasteiger partial charge in [0.2, 0.25) is 5.91 Å². The Bertz CT molecular complexity index is 483. The molecular weight excluding hydrogens is 264 g/mol. The van der Waals surface area contributed by atoms with Crippen molar-refractivity contribution in [2.24, 2.45) is 5.92 Å². The molecule has 0 spiro atoms. The minimum absolute atomic E-state index is 0.108. The van der Waals surface area contributed by atoms with E-state index in [-0.39, 0.29) is 5.76 Å². The van der Waals surface area contributed by atoms with Gasteiger partial charge in [0.15, 0.2) is 5.76 Å². The van der Waals surface area contributed by atoms with Crippen molar-refractivity contribution in [1.82, 2.24) is 10.6 Å². The summed E-state index contributed by atoms with van der Waals surface area (Å²) in [6, 6.07) is 1.71. The lowest BCUT2D eigenvalue weighted by Crippen LogP contribution is -2.49. The van der Waals surface area contributed by atoms with E-state index >= 15 is 0 Å². The van der Waals surface area contributed by atoms with E-state index in [0.717, 1.165) is 0 Å². The van der Waals surface area contributed by atoms with E-state index in [0.29, 0.717) is 0 Å². The summed E-state index contributed by atoms with van der Waals surface area (Å²) >= 11 is 0. The highest BCUT2D eigenvalue weighted by Crippen LogP contribution is 2.03. The zero-order valence-corrected chi connectivity index (χ0v) is 11.5. The van der Waals surface area contributed by atoms with Gasteiger partial charge in [0.05, 0.1) is 12.2 Å². The van der Waals surface area contributed by atoms with E-state index in [4.69, 9.17) is 9.52 Å². The molecule has 0 aliphatic rings. The molecule has 0 radical (unpaired) electrons. The quantitative estimate of drug-likeness (QED) is 0.709. The molecule has 0 bridgehead atoms. The van der Waals surface area contributed by atoms with Gasteiger partial charge in [-0.25, -0.2) is 0 Å². The molecule has 1 rings (SSSR count). The second-order valence-electron chi connectivity index (χ2n) is 4.60. The topological polar surface area (TPSA) is 109 Å². The zero-order chi connectivity index (χ0) is 15.3. The van der Waals surface area contributed by atoms with Crippen molar-refractivity contribution in [2.75, 3.05) is 0 Å². The number of rotatable bonds is 6. The molecule has 3 unspecified atom stereocenters. The monoisotopic (exact) mass is 282 g/mol. The molecule has 1 aromatic rings. The molecule has 0 aliphatic heterocycles. The van der Waals surface area contributed by atoms with Crippen molar-refractivity contribution >= 4 is 17.8 Å². The van der Waals surface area contributed by atoms with Crippen molar-refractivity contribution in [2.45, 2.75) is 32.9 Å². The van der Waals surface area contributed by atoms with Gasteiger partial charge >= 0.3 is 5.97 Å². The van der Waals surface area contributed by atoms with E-state index in [9.17, 15) is 14.4 Å². The van der Waals surface area contributed by atoms with Crippen molar-refractivity contribution in [3.05, 3.63) is 24.2 Å². The first-order chi connectivity index (χ1) is 9.32. The van der Waals surface area contributed by atoms with Crippen LogP contribution in [0.5, 0.6) is 0 Å². The van der Waals surface area contributed by atoms with Gasteiger partial charge in [-0.3, -0.25) is 14.4 Å². The second-order valence-corrected chi connectivity index (χ2v) is 4.60. The van der Waals surface area contributed by atoms with Gasteiger partial charge in [0, 0.05) is 6.04 Å². The summed E-state index contributed by atoms with van der Waals surface area (Å²) in [5.74, 6) is -2.56. The summed E-state index contributed by atoms with van der Waals surface area (Å²) < 4.78 is 4.91. The first-order valence-electron chi connectivity index (χ1n) is 6.20. The van der Waals surface area contributed by atoms with Gasteiger partial charge in [-0.1, -0.05) is 0 Å². The lowest BCUT2D eigenvalue weighted by molar-refractivity contribution is -0.142. The predicted octanol–water partition coefficient (Wildman–Crippen LogP) is 0.623. The Labute approximate surface area is 116 Å². The summed E-state index contributed by atoms with van der Waals surface area (Å²) in [6.07, 6.45) is 1.36. The lowest BCUT2D eigenvalue weighted by Gasteiger charge is -2.20. The highest BCUT2D eigenvalue weighted by Gasteiger charge is 2.24. The van der Waals surface area contributed by atoms with Gasteiger partial charge in [-0.15, -0.1) is 0 Å².